The average Bonchev–Trinajstić information content (AvgIpc) is 2.50. The van der Waals surface area contributed by atoms with Crippen LogP contribution in [-0.2, 0) is 9.59 Å². The number of carbonyl (C=O) groups is 2. The van der Waals surface area contributed by atoms with E-state index in [4.69, 9.17) is 0 Å². The van der Waals surface area contributed by atoms with E-state index in [0.717, 1.165) is 5.56 Å². The number of hydrogen-bond donors (Lipinski definition) is 1. The van der Waals surface area contributed by atoms with Crippen LogP contribution in [0.1, 0.15) is 37.3 Å². The van der Waals surface area contributed by atoms with Crippen LogP contribution in [0.4, 0.5) is 8.78 Å². The fraction of sp³-hybridized carbons (Fsp3) is 0.556. The standard InChI is InChI=1S/C18H23F2NO3/c1-11-4-6-14(7-5-11)15(17(23)24)8-16(22)21-9-12(2)18(19,20)13(3)10-21/h4-7,12-13,15H,8-10H2,1-3H3,(H,23,24). The highest BCUT2D eigenvalue weighted by atomic mass is 19.3. The molecule has 0 spiro atoms. The minimum absolute atomic E-state index is 0.0452. The molecule has 4 nitrogen and oxygen atoms in total. The van der Waals surface area contributed by atoms with E-state index < -0.39 is 35.6 Å². The lowest BCUT2D eigenvalue weighted by Gasteiger charge is -2.41. The number of piperidine rings is 1. The molecule has 3 atom stereocenters. The maximum atomic E-state index is 13.9. The number of carboxylic acid groups (broad SMARTS) is 1. The summed E-state index contributed by atoms with van der Waals surface area (Å²) in [6.07, 6.45) is -0.219. The number of alkyl halides is 2. The van der Waals surface area contributed by atoms with Crippen molar-refractivity contribution in [3.63, 3.8) is 0 Å². The van der Waals surface area contributed by atoms with Gasteiger partial charge in [-0.1, -0.05) is 43.7 Å². The molecule has 2 rings (SSSR count). The molecule has 0 saturated carbocycles. The highest BCUT2D eigenvalue weighted by Gasteiger charge is 2.48. The van der Waals surface area contributed by atoms with Crippen molar-refractivity contribution in [2.75, 3.05) is 13.1 Å². The lowest BCUT2D eigenvalue weighted by molar-refractivity contribution is -0.160. The van der Waals surface area contributed by atoms with Crippen molar-refractivity contribution < 1.29 is 23.5 Å². The van der Waals surface area contributed by atoms with Crippen LogP contribution in [0.3, 0.4) is 0 Å². The number of benzene rings is 1. The lowest BCUT2D eigenvalue weighted by Crippen LogP contribution is -2.53. The highest BCUT2D eigenvalue weighted by Crippen LogP contribution is 2.38. The predicted molar refractivity (Wildman–Crippen MR) is 86.0 cm³/mol. The molecule has 1 aromatic rings. The molecule has 132 valence electrons. The Balaban J connectivity index is 2.11. The van der Waals surface area contributed by atoms with Gasteiger partial charge in [-0.25, -0.2) is 8.78 Å². The number of rotatable bonds is 4. The normalized spacial score (nSPS) is 24.5. The van der Waals surface area contributed by atoms with Gasteiger partial charge in [-0.2, -0.15) is 0 Å². The van der Waals surface area contributed by atoms with Crippen LogP contribution < -0.4 is 0 Å². The van der Waals surface area contributed by atoms with Crippen molar-refractivity contribution in [1.82, 2.24) is 4.90 Å². The summed E-state index contributed by atoms with van der Waals surface area (Å²) in [4.78, 5) is 25.4. The topological polar surface area (TPSA) is 57.6 Å². The van der Waals surface area contributed by atoms with Gasteiger partial charge in [0, 0.05) is 31.3 Å². The van der Waals surface area contributed by atoms with Crippen molar-refractivity contribution >= 4 is 11.9 Å². The molecule has 0 bridgehead atoms. The second-order valence-corrected chi connectivity index (χ2v) is 6.78. The van der Waals surface area contributed by atoms with E-state index in [1.165, 1.54) is 18.7 Å². The Labute approximate surface area is 140 Å². The Bertz CT molecular complexity index is 601. The van der Waals surface area contributed by atoms with Crippen molar-refractivity contribution in [2.24, 2.45) is 11.8 Å². The zero-order valence-corrected chi connectivity index (χ0v) is 14.1. The fourth-order valence-electron chi connectivity index (χ4n) is 3.12. The molecule has 1 heterocycles. The molecule has 1 fully saturated rings. The molecule has 6 heteroatoms. The SMILES string of the molecule is Cc1ccc(C(CC(=O)N2CC(C)C(F)(F)C(C)C2)C(=O)O)cc1. The van der Waals surface area contributed by atoms with Gasteiger partial charge in [-0.05, 0) is 12.5 Å². The molecule has 3 unspecified atom stereocenters. The van der Waals surface area contributed by atoms with Crippen LogP contribution in [0, 0.1) is 18.8 Å². The third-order valence-corrected chi connectivity index (χ3v) is 4.81. The summed E-state index contributed by atoms with van der Waals surface area (Å²) < 4.78 is 27.8. The Morgan fingerprint density at radius 1 is 1.21 bits per heavy atom. The van der Waals surface area contributed by atoms with Gasteiger partial charge in [0.2, 0.25) is 5.91 Å². The van der Waals surface area contributed by atoms with Crippen molar-refractivity contribution in [3.05, 3.63) is 35.4 Å². The molecule has 0 aromatic heterocycles. The molecule has 24 heavy (non-hydrogen) atoms. The number of amides is 1. The maximum Gasteiger partial charge on any atom is 0.311 e. The maximum absolute atomic E-state index is 13.9. The molecular formula is C18H23F2NO3. The van der Waals surface area contributed by atoms with Gasteiger partial charge < -0.3 is 10.0 Å². The molecule has 0 radical (unpaired) electrons. The van der Waals surface area contributed by atoms with Crippen molar-refractivity contribution in [1.29, 1.82) is 0 Å². The van der Waals surface area contributed by atoms with E-state index in [-0.39, 0.29) is 19.5 Å². The van der Waals surface area contributed by atoms with E-state index >= 15 is 0 Å². The highest BCUT2D eigenvalue weighted by molar-refractivity contribution is 5.85. The number of carbonyl (C=O) groups excluding carboxylic acids is 1. The molecule has 1 amide bonds. The van der Waals surface area contributed by atoms with E-state index in [2.05, 4.69) is 0 Å². The smallest absolute Gasteiger partial charge is 0.311 e. The summed E-state index contributed by atoms with van der Waals surface area (Å²) in [5.74, 6) is -7.13. The summed E-state index contributed by atoms with van der Waals surface area (Å²) in [7, 11) is 0. The van der Waals surface area contributed by atoms with Crippen LogP contribution in [0.2, 0.25) is 0 Å². The van der Waals surface area contributed by atoms with Gasteiger partial charge >= 0.3 is 5.97 Å². The van der Waals surface area contributed by atoms with Crippen LogP contribution in [0.5, 0.6) is 0 Å². The minimum atomic E-state index is -2.81. The molecule has 1 aromatic carbocycles. The van der Waals surface area contributed by atoms with Gasteiger partial charge in [-0.3, -0.25) is 9.59 Å². The average molecular weight is 339 g/mol. The quantitative estimate of drug-likeness (QED) is 0.916. The second-order valence-electron chi connectivity index (χ2n) is 6.78. The first-order valence-electron chi connectivity index (χ1n) is 8.07. The lowest BCUT2D eigenvalue weighted by atomic mass is 9.86. The first kappa shape index (κ1) is 18.4. The van der Waals surface area contributed by atoms with Gasteiger partial charge in [0.05, 0.1) is 5.92 Å². The number of halogens is 2. The molecule has 1 saturated heterocycles. The number of aliphatic carboxylic acids is 1. The summed E-state index contributed by atoms with van der Waals surface area (Å²) in [5, 5.41) is 9.44. The van der Waals surface area contributed by atoms with E-state index in [1.54, 1.807) is 24.3 Å². The first-order chi connectivity index (χ1) is 11.1. The number of hydrogen-bond acceptors (Lipinski definition) is 2. The third-order valence-electron chi connectivity index (χ3n) is 4.81. The van der Waals surface area contributed by atoms with Crippen molar-refractivity contribution in [2.45, 2.75) is 39.0 Å². The fourth-order valence-corrected chi connectivity index (χ4v) is 3.12. The largest absolute Gasteiger partial charge is 0.481 e. The zero-order chi connectivity index (χ0) is 18.1. The molecule has 0 aliphatic carbocycles. The summed E-state index contributed by atoms with van der Waals surface area (Å²) in [6.45, 7) is 4.64. The van der Waals surface area contributed by atoms with Crippen molar-refractivity contribution in [3.8, 4) is 0 Å². The molecule has 1 aliphatic heterocycles. The first-order valence-corrected chi connectivity index (χ1v) is 8.07. The Hall–Kier alpha value is -1.98. The van der Waals surface area contributed by atoms with E-state index in [1.807, 2.05) is 6.92 Å². The van der Waals surface area contributed by atoms with Gasteiger partial charge in [0.1, 0.15) is 0 Å². The number of nitrogens with zero attached hydrogens (tertiary/aromatic N) is 1. The summed E-state index contributed by atoms with van der Waals surface area (Å²) in [6, 6.07) is 6.97. The van der Waals surface area contributed by atoms with Crippen LogP contribution in [0.15, 0.2) is 24.3 Å². The number of aryl methyl sites for hydroxylation is 1. The van der Waals surface area contributed by atoms with Gasteiger partial charge in [0.25, 0.3) is 5.92 Å². The van der Waals surface area contributed by atoms with E-state index in [0.29, 0.717) is 5.56 Å². The summed E-state index contributed by atoms with van der Waals surface area (Å²) in [5.41, 5.74) is 1.54. The molecular weight excluding hydrogens is 316 g/mol. The number of carboxylic acids is 1. The van der Waals surface area contributed by atoms with Crippen LogP contribution in [0.25, 0.3) is 0 Å². The van der Waals surface area contributed by atoms with Gasteiger partial charge in [-0.15, -0.1) is 0 Å². The Kier molecular flexibility index (Phi) is 5.26. The monoisotopic (exact) mass is 339 g/mol. The minimum Gasteiger partial charge on any atom is -0.481 e. The van der Waals surface area contributed by atoms with Crippen LogP contribution in [-0.4, -0.2) is 40.9 Å². The number of likely N-dealkylation sites (tertiary alicyclic amines) is 1. The van der Waals surface area contributed by atoms with E-state index in [9.17, 15) is 23.5 Å². The predicted octanol–water partition coefficient (Wildman–Crippen LogP) is 3.30. The molecule has 1 N–H and O–H groups in total. The second kappa shape index (κ2) is 6.87. The Morgan fingerprint density at radius 2 is 1.71 bits per heavy atom. The Morgan fingerprint density at radius 3 is 2.17 bits per heavy atom. The van der Waals surface area contributed by atoms with Crippen LogP contribution >= 0.6 is 0 Å². The zero-order valence-electron chi connectivity index (χ0n) is 14.1. The summed E-state index contributed by atoms with van der Waals surface area (Å²) >= 11 is 0. The third kappa shape index (κ3) is 3.74. The van der Waals surface area contributed by atoms with Gasteiger partial charge in [0.15, 0.2) is 0 Å². The molecule has 1 aliphatic rings.